The van der Waals surface area contributed by atoms with Crippen molar-refractivity contribution in [1.29, 1.82) is 0 Å². The molecule has 0 radical (unpaired) electrons. The fourth-order valence-electron chi connectivity index (χ4n) is 7.73. The number of aliphatic hydroxyl groups is 1. The van der Waals surface area contributed by atoms with Crippen LogP contribution in [0, 0.1) is 11.8 Å². The van der Waals surface area contributed by atoms with Gasteiger partial charge >= 0.3 is 11.9 Å². The number of aliphatic carboxylic acids is 2. The molecule has 2 saturated heterocycles. The molecule has 2 rings (SSSR count). The number of nitrogens with zero attached hydrogens (tertiary/aromatic N) is 2. The first-order valence-corrected chi connectivity index (χ1v) is 23.9. The molecular formula is C42H72N10O13S. The van der Waals surface area contributed by atoms with Crippen molar-refractivity contribution >= 4 is 71.0 Å². The van der Waals surface area contributed by atoms with Crippen molar-refractivity contribution in [3.8, 4) is 0 Å². The zero-order valence-electron chi connectivity index (χ0n) is 38.8. The predicted octanol–water partition coefficient (Wildman–Crippen LogP) is -2.64. The van der Waals surface area contributed by atoms with Crippen LogP contribution in [-0.4, -0.2) is 177 Å². The van der Waals surface area contributed by atoms with Gasteiger partial charge in [0, 0.05) is 19.5 Å². The number of aliphatic hydroxyl groups excluding tert-OH is 1. The number of carbonyl (C=O) groups is 10. The van der Waals surface area contributed by atoms with E-state index in [1.54, 1.807) is 34.0 Å². The van der Waals surface area contributed by atoms with Crippen LogP contribution >= 0.6 is 11.8 Å². The van der Waals surface area contributed by atoms with Crippen molar-refractivity contribution in [2.24, 2.45) is 23.3 Å². The number of nitrogens with two attached hydrogens (primary N) is 2. The van der Waals surface area contributed by atoms with Crippen molar-refractivity contribution in [3.05, 3.63) is 0 Å². The molecule has 9 unspecified atom stereocenters. The van der Waals surface area contributed by atoms with Crippen molar-refractivity contribution in [2.75, 3.05) is 38.2 Å². The Morgan fingerprint density at radius 1 is 0.621 bits per heavy atom. The van der Waals surface area contributed by atoms with E-state index in [0.29, 0.717) is 31.4 Å². The Labute approximate surface area is 389 Å². The normalized spacial score (nSPS) is 19.1. The molecule has 2 heterocycles. The summed E-state index contributed by atoms with van der Waals surface area (Å²) in [6, 6.07) is -10.0. The SMILES string of the molecule is CSCCC(NC(=O)CN)C(=O)NC(C(=O)N1CCCC1C(=O)NC(CCC(=O)O)C(=O)NC(CCCCN)C(=O)NC(C(=O)N1CCCC1C(=O)NC(C(=O)O)C(C)C)C(C)C)C(C)O. The summed E-state index contributed by atoms with van der Waals surface area (Å²) in [5, 5.41) is 45.2. The number of rotatable bonds is 28. The predicted molar refractivity (Wildman–Crippen MR) is 242 cm³/mol. The smallest absolute Gasteiger partial charge is 0.326 e. The fraction of sp³-hybridized carbons (Fsp3) is 0.762. The number of thioether (sulfide) groups is 1. The van der Waals surface area contributed by atoms with E-state index in [9.17, 15) is 63.3 Å². The van der Waals surface area contributed by atoms with Crippen LogP contribution in [0.3, 0.4) is 0 Å². The molecule has 374 valence electrons. The average Bonchev–Trinajstić information content (AvgIpc) is 3.96. The summed E-state index contributed by atoms with van der Waals surface area (Å²) < 4.78 is 0. The van der Waals surface area contributed by atoms with E-state index in [0.717, 1.165) is 4.90 Å². The molecule has 0 aromatic rings. The second-order valence-electron chi connectivity index (χ2n) is 17.3. The molecule has 13 N–H and O–H groups in total. The number of carboxylic acids is 2. The van der Waals surface area contributed by atoms with Gasteiger partial charge in [-0.2, -0.15) is 11.8 Å². The third-order valence-electron chi connectivity index (χ3n) is 11.5. The monoisotopic (exact) mass is 957 g/mol. The maximum atomic E-state index is 14.0. The third-order valence-corrected chi connectivity index (χ3v) is 12.1. The van der Waals surface area contributed by atoms with Crippen molar-refractivity contribution in [1.82, 2.24) is 41.7 Å². The van der Waals surface area contributed by atoms with Gasteiger partial charge < -0.3 is 68.5 Å². The summed E-state index contributed by atoms with van der Waals surface area (Å²) in [7, 11) is 0. The average molecular weight is 957 g/mol. The van der Waals surface area contributed by atoms with E-state index < -0.39 is 138 Å². The van der Waals surface area contributed by atoms with E-state index in [1.165, 1.54) is 23.6 Å². The van der Waals surface area contributed by atoms with E-state index >= 15 is 0 Å². The van der Waals surface area contributed by atoms with Gasteiger partial charge in [-0.25, -0.2) is 4.79 Å². The number of likely N-dealkylation sites (tertiary alicyclic amines) is 2. The molecule has 0 aromatic carbocycles. The van der Waals surface area contributed by atoms with Crippen LogP contribution in [0.25, 0.3) is 0 Å². The number of unbranched alkanes of at least 4 members (excludes halogenated alkanes) is 1. The van der Waals surface area contributed by atoms with E-state index in [2.05, 4.69) is 31.9 Å². The topological polar surface area (TPSA) is 362 Å². The highest BCUT2D eigenvalue weighted by molar-refractivity contribution is 7.98. The van der Waals surface area contributed by atoms with E-state index in [-0.39, 0.29) is 51.9 Å². The summed E-state index contributed by atoms with van der Waals surface area (Å²) in [6.07, 6.45) is 1.50. The van der Waals surface area contributed by atoms with Gasteiger partial charge in [0.2, 0.25) is 47.3 Å². The van der Waals surface area contributed by atoms with Crippen molar-refractivity contribution in [3.63, 3.8) is 0 Å². The van der Waals surface area contributed by atoms with Gasteiger partial charge in [0.1, 0.15) is 48.3 Å². The summed E-state index contributed by atoms with van der Waals surface area (Å²) in [6.45, 7) is 7.96. The molecule has 0 aliphatic carbocycles. The number of carbonyl (C=O) groups excluding carboxylic acids is 8. The quantitative estimate of drug-likeness (QED) is 0.0357. The molecule has 2 aliphatic rings. The highest BCUT2D eigenvalue weighted by Crippen LogP contribution is 2.23. The van der Waals surface area contributed by atoms with Crippen molar-refractivity contribution in [2.45, 2.75) is 153 Å². The first-order chi connectivity index (χ1) is 31.1. The summed E-state index contributed by atoms with van der Waals surface area (Å²) in [5.74, 6) is -8.97. The van der Waals surface area contributed by atoms with E-state index in [4.69, 9.17) is 11.5 Å². The van der Waals surface area contributed by atoms with Crippen LogP contribution < -0.4 is 43.4 Å². The largest absolute Gasteiger partial charge is 0.481 e. The molecule has 8 amide bonds. The zero-order chi connectivity index (χ0) is 49.8. The minimum atomic E-state index is -1.54. The Bertz CT molecular complexity index is 1720. The molecular weight excluding hydrogens is 885 g/mol. The van der Waals surface area contributed by atoms with Gasteiger partial charge in [-0.3, -0.25) is 43.2 Å². The highest BCUT2D eigenvalue weighted by Gasteiger charge is 2.43. The van der Waals surface area contributed by atoms with Crippen LogP contribution in [0.2, 0.25) is 0 Å². The standard InChI is InChI=1S/C42H72N10O13S/c1-22(2)32(40(62)51-18-10-13-29(51)39(61)49-33(23(3)4)42(64)65)48-36(58)25(11-7-8-17-43)46-35(57)26(14-15-31(55)56)47-38(60)28-12-9-19-52(28)41(63)34(24(5)53)50-37(59)27(16-20-66-6)45-30(54)21-44/h22-29,32-34,53H,7-21,43-44H2,1-6H3,(H,45,54)(H,46,57)(H,47,60)(H,48,58)(H,49,61)(H,50,59)(H,55,56)(H,64,65). The number of hydrogen-bond acceptors (Lipinski definition) is 14. The molecule has 2 aliphatic heterocycles. The molecule has 9 atom stereocenters. The van der Waals surface area contributed by atoms with Crippen LogP contribution in [0.1, 0.15) is 98.8 Å². The zero-order valence-corrected chi connectivity index (χ0v) is 39.7. The van der Waals surface area contributed by atoms with E-state index in [1.807, 2.05) is 0 Å². The first-order valence-electron chi connectivity index (χ1n) is 22.5. The van der Waals surface area contributed by atoms with Gasteiger partial charge in [-0.05, 0) is 95.1 Å². The first kappa shape index (κ1) is 57.1. The molecule has 0 aromatic heterocycles. The minimum Gasteiger partial charge on any atom is -0.481 e. The minimum absolute atomic E-state index is 0.0271. The molecule has 24 heteroatoms. The second-order valence-corrected chi connectivity index (χ2v) is 18.3. The van der Waals surface area contributed by atoms with Gasteiger partial charge in [-0.15, -0.1) is 0 Å². The Balaban J connectivity index is 2.33. The Kier molecular flexibility index (Phi) is 24.4. The maximum Gasteiger partial charge on any atom is 0.326 e. The number of hydrogen-bond donors (Lipinski definition) is 11. The van der Waals surface area contributed by atoms with Gasteiger partial charge in [0.05, 0.1) is 12.6 Å². The number of nitrogens with one attached hydrogen (secondary N) is 6. The molecule has 23 nitrogen and oxygen atoms in total. The van der Waals surface area contributed by atoms with Gasteiger partial charge in [-0.1, -0.05) is 27.7 Å². The summed E-state index contributed by atoms with van der Waals surface area (Å²) in [5.41, 5.74) is 11.1. The fourth-order valence-corrected chi connectivity index (χ4v) is 8.20. The third kappa shape index (κ3) is 17.3. The molecule has 2 fully saturated rings. The lowest BCUT2D eigenvalue weighted by Gasteiger charge is -2.32. The number of amides is 8. The lowest BCUT2D eigenvalue weighted by molar-refractivity contribution is -0.146. The van der Waals surface area contributed by atoms with Crippen LogP contribution in [0.15, 0.2) is 0 Å². The van der Waals surface area contributed by atoms with Gasteiger partial charge in [0.15, 0.2) is 0 Å². The Morgan fingerprint density at radius 2 is 1.11 bits per heavy atom. The van der Waals surface area contributed by atoms with Gasteiger partial charge in [0.25, 0.3) is 0 Å². The molecule has 0 saturated carbocycles. The number of carboxylic acid groups (broad SMARTS) is 2. The molecule has 66 heavy (non-hydrogen) atoms. The maximum absolute atomic E-state index is 14.0. The van der Waals surface area contributed by atoms with Crippen molar-refractivity contribution < 1.29 is 63.3 Å². The highest BCUT2D eigenvalue weighted by atomic mass is 32.2. The van der Waals surface area contributed by atoms with Crippen LogP contribution in [0.5, 0.6) is 0 Å². The van der Waals surface area contributed by atoms with Crippen LogP contribution in [-0.2, 0) is 47.9 Å². The molecule has 0 bridgehead atoms. The van der Waals surface area contributed by atoms with Crippen LogP contribution in [0.4, 0.5) is 0 Å². The lowest BCUT2D eigenvalue weighted by atomic mass is 10.00. The molecule has 0 spiro atoms. The lowest BCUT2D eigenvalue weighted by Crippen LogP contribution is -2.61. The Hall–Kier alpha value is -5.07. The second kappa shape index (κ2) is 28.2. The Morgan fingerprint density at radius 3 is 1.58 bits per heavy atom. The summed E-state index contributed by atoms with van der Waals surface area (Å²) in [4.78, 5) is 135. The summed E-state index contributed by atoms with van der Waals surface area (Å²) >= 11 is 1.41.